The predicted octanol–water partition coefficient (Wildman–Crippen LogP) is 1.91. The summed E-state index contributed by atoms with van der Waals surface area (Å²) < 4.78 is 5.28. The lowest BCUT2D eigenvalue weighted by Crippen LogP contribution is -2.38. The minimum Gasteiger partial charge on any atom is -0.469 e. The van der Waals surface area contributed by atoms with Crippen LogP contribution in [0.2, 0.25) is 0 Å². The van der Waals surface area contributed by atoms with Gasteiger partial charge in [0.15, 0.2) is 5.96 Å². The molecule has 2 N–H and O–H groups in total. The van der Waals surface area contributed by atoms with Gasteiger partial charge in [0.05, 0.1) is 12.8 Å². The molecule has 18 heavy (non-hydrogen) atoms. The zero-order valence-corrected chi connectivity index (χ0v) is 11.6. The van der Waals surface area contributed by atoms with Crippen LogP contribution in [0.3, 0.4) is 0 Å². The molecule has 0 aromatic carbocycles. The molecule has 0 spiro atoms. The Kier molecular flexibility index (Phi) is 7.88. The number of aliphatic imine (C=N–C) groups is 1. The van der Waals surface area contributed by atoms with Crippen molar-refractivity contribution in [3.05, 3.63) is 36.8 Å². The highest BCUT2D eigenvalue weighted by molar-refractivity contribution is 7.98. The van der Waals surface area contributed by atoms with Crippen LogP contribution in [0.15, 0.2) is 40.5 Å². The lowest BCUT2D eigenvalue weighted by molar-refractivity contribution is 0.507. The molecule has 0 saturated carbocycles. The Hall–Kier alpha value is -1.36. The number of nitrogens with zero attached hydrogens (tertiary/aromatic N) is 1. The Morgan fingerprint density at radius 3 is 3.11 bits per heavy atom. The Labute approximate surface area is 113 Å². The topological polar surface area (TPSA) is 49.6 Å². The van der Waals surface area contributed by atoms with Gasteiger partial charge in [0.1, 0.15) is 5.76 Å². The Bertz CT molecular complexity index is 349. The summed E-state index contributed by atoms with van der Waals surface area (Å²) in [5.74, 6) is 2.84. The molecule has 5 heteroatoms. The number of guanidine groups is 1. The monoisotopic (exact) mass is 267 g/mol. The fourth-order valence-electron chi connectivity index (χ4n) is 1.35. The first-order valence-corrected chi connectivity index (χ1v) is 7.40. The van der Waals surface area contributed by atoms with Gasteiger partial charge in [-0.25, -0.2) is 0 Å². The largest absolute Gasteiger partial charge is 0.469 e. The number of hydrogen-bond donors (Lipinski definition) is 2. The van der Waals surface area contributed by atoms with Gasteiger partial charge >= 0.3 is 0 Å². The average molecular weight is 267 g/mol. The summed E-state index contributed by atoms with van der Waals surface area (Å²) in [5.41, 5.74) is 0. The van der Waals surface area contributed by atoms with Crippen LogP contribution in [0.5, 0.6) is 0 Å². The first-order chi connectivity index (χ1) is 8.86. The minimum absolute atomic E-state index is 0.714. The molecule has 0 aliphatic heterocycles. The van der Waals surface area contributed by atoms with Crippen molar-refractivity contribution >= 4 is 17.7 Å². The van der Waals surface area contributed by atoms with Gasteiger partial charge in [-0.3, -0.25) is 4.99 Å². The molecule has 0 aliphatic rings. The number of hydrogen-bond acceptors (Lipinski definition) is 3. The SMILES string of the molecule is C=CCNC(=NCCSC)NCCc1ccco1. The summed E-state index contributed by atoms with van der Waals surface area (Å²) >= 11 is 1.79. The molecule has 0 unspecified atom stereocenters. The predicted molar refractivity (Wildman–Crippen MR) is 79.3 cm³/mol. The second kappa shape index (κ2) is 9.65. The average Bonchev–Trinajstić information content (AvgIpc) is 2.88. The summed E-state index contributed by atoms with van der Waals surface area (Å²) in [6, 6.07) is 3.88. The van der Waals surface area contributed by atoms with E-state index in [0.717, 1.165) is 37.0 Å². The first-order valence-electron chi connectivity index (χ1n) is 6.01. The molecule has 1 heterocycles. The highest BCUT2D eigenvalue weighted by Gasteiger charge is 1.98. The van der Waals surface area contributed by atoms with Crippen molar-refractivity contribution in [1.29, 1.82) is 0 Å². The Morgan fingerprint density at radius 1 is 1.56 bits per heavy atom. The van der Waals surface area contributed by atoms with Crippen molar-refractivity contribution in [2.24, 2.45) is 4.99 Å². The third-order valence-electron chi connectivity index (χ3n) is 2.22. The fraction of sp³-hybridized carbons (Fsp3) is 0.462. The molecule has 0 aliphatic carbocycles. The van der Waals surface area contributed by atoms with Crippen LogP contribution in [-0.2, 0) is 6.42 Å². The van der Waals surface area contributed by atoms with E-state index in [9.17, 15) is 0 Å². The van der Waals surface area contributed by atoms with Crippen LogP contribution >= 0.6 is 11.8 Å². The fourth-order valence-corrected chi connectivity index (χ4v) is 1.62. The molecule has 0 bridgehead atoms. The van der Waals surface area contributed by atoms with E-state index in [0.29, 0.717) is 6.54 Å². The van der Waals surface area contributed by atoms with E-state index in [1.807, 2.05) is 18.2 Å². The first kappa shape index (κ1) is 14.7. The molecular weight excluding hydrogens is 246 g/mol. The van der Waals surface area contributed by atoms with Gasteiger partial charge < -0.3 is 15.1 Å². The van der Waals surface area contributed by atoms with Crippen molar-refractivity contribution in [1.82, 2.24) is 10.6 Å². The normalized spacial score (nSPS) is 11.3. The Balaban J connectivity index is 2.30. The van der Waals surface area contributed by atoms with Crippen molar-refractivity contribution in [2.75, 3.05) is 31.6 Å². The van der Waals surface area contributed by atoms with E-state index in [1.165, 1.54) is 0 Å². The molecule has 4 nitrogen and oxygen atoms in total. The summed E-state index contributed by atoms with van der Waals surface area (Å²) in [7, 11) is 0. The number of furan rings is 1. The molecule has 1 aromatic rings. The van der Waals surface area contributed by atoms with Crippen LogP contribution in [0.1, 0.15) is 5.76 Å². The molecule has 0 radical (unpaired) electrons. The molecular formula is C13H21N3OS. The van der Waals surface area contributed by atoms with Gasteiger partial charge in [-0.1, -0.05) is 6.08 Å². The van der Waals surface area contributed by atoms with Gasteiger partial charge in [0.25, 0.3) is 0 Å². The molecule has 0 fully saturated rings. The van der Waals surface area contributed by atoms with Crippen LogP contribution < -0.4 is 10.6 Å². The maximum atomic E-state index is 5.28. The Morgan fingerprint density at radius 2 is 2.44 bits per heavy atom. The maximum absolute atomic E-state index is 5.28. The van der Waals surface area contributed by atoms with Crippen molar-refractivity contribution in [2.45, 2.75) is 6.42 Å². The third kappa shape index (κ3) is 6.39. The van der Waals surface area contributed by atoms with E-state index in [1.54, 1.807) is 18.0 Å². The number of nitrogens with one attached hydrogen (secondary N) is 2. The van der Waals surface area contributed by atoms with E-state index in [-0.39, 0.29) is 0 Å². The standard InChI is InChI=1S/C13H21N3OS/c1-3-7-14-13(16-9-11-18-2)15-8-6-12-5-4-10-17-12/h3-5,10H,1,6-9,11H2,2H3,(H2,14,15,16). The number of rotatable bonds is 8. The van der Waals surface area contributed by atoms with Crippen LogP contribution in [0.4, 0.5) is 0 Å². The zero-order chi connectivity index (χ0) is 13.1. The lowest BCUT2D eigenvalue weighted by Gasteiger charge is -2.10. The van der Waals surface area contributed by atoms with Gasteiger partial charge in [-0.2, -0.15) is 11.8 Å². The van der Waals surface area contributed by atoms with Gasteiger partial charge in [0.2, 0.25) is 0 Å². The molecule has 0 atom stereocenters. The van der Waals surface area contributed by atoms with Crippen LogP contribution in [-0.4, -0.2) is 37.6 Å². The highest BCUT2D eigenvalue weighted by Crippen LogP contribution is 1.99. The second-order valence-electron chi connectivity index (χ2n) is 3.65. The van der Waals surface area contributed by atoms with E-state index >= 15 is 0 Å². The van der Waals surface area contributed by atoms with Gasteiger partial charge in [-0.15, -0.1) is 6.58 Å². The number of thioether (sulfide) groups is 1. The quantitative estimate of drug-likeness (QED) is 0.327. The molecule has 1 aromatic heterocycles. The summed E-state index contributed by atoms with van der Waals surface area (Å²) in [6.07, 6.45) is 6.44. The second-order valence-corrected chi connectivity index (χ2v) is 4.63. The molecule has 1 rings (SSSR count). The van der Waals surface area contributed by atoms with Crippen LogP contribution in [0.25, 0.3) is 0 Å². The van der Waals surface area contributed by atoms with E-state index in [4.69, 9.17) is 4.42 Å². The van der Waals surface area contributed by atoms with Gasteiger partial charge in [-0.05, 0) is 18.4 Å². The highest BCUT2D eigenvalue weighted by atomic mass is 32.2. The molecule has 0 saturated heterocycles. The van der Waals surface area contributed by atoms with Crippen molar-refractivity contribution in [3.63, 3.8) is 0 Å². The molecule has 100 valence electrons. The summed E-state index contributed by atoms with van der Waals surface area (Å²) in [6.45, 7) is 6.02. The van der Waals surface area contributed by atoms with Gasteiger partial charge in [0, 0.05) is 25.3 Å². The zero-order valence-electron chi connectivity index (χ0n) is 10.8. The molecule has 0 amide bonds. The van der Waals surface area contributed by atoms with Crippen molar-refractivity contribution < 1.29 is 4.42 Å². The minimum atomic E-state index is 0.714. The smallest absolute Gasteiger partial charge is 0.191 e. The van der Waals surface area contributed by atoms with Crippen LogP contribution in [0, 0.1) is 0 Å². The van der Waals surface area contributed by atoms with E-state index in [2.05, 4.69) is 28.5 Å². The summed E-state index contributed by atoms with van der Waals surface area (Å²) in [4.78, 5) is 4.47. The third-order valence-corrected chi connectivity index (χ3v) is 2.81. The maximum Gasteiger partial charge on any atom is 0.191 e. The lowest BCUT2D eigenvalue weighted by atomic mass is 10.3. The van der Waals surface area contributed by atoms with E-state index < -0.39 is 0 Å². The van der Waals surface area contributed by atoms with Crippen molar-refractivity contribution in [3.8, 4) is 0 Å². The summed E-state index contributed by atoms with van der Waals surface area (Å²) in [5, 5.41) is 6.46.